The fourth-order valence-corrected chi connectivity index (χ4v) is 8.56. The summed E-state index contributed by atoms with van der Waals surface area (Å²) in [5.41, 5.74) is 4.80. The summed E-state index contributed by atoms with van der Waals surface area (Å²) in [6.45, 7) is 3.95. The number of pyridine rings is 1. The highest BCUT2D eigenvalue weighted by Gasteiger charge is 2.46. The Morgan fingerprint density at radius 1 is 1.00 bits per heavy atom. The van der Waals surface area contributed by atoms with Crippen LogP contribution < -0.4 is 10.2 Å². The van der Waals surface area contributed by atoms with E-state index in [4.69, 9.17) is 27.9 Å². The van der Waals surface area contributed by atoms with Gasteiger partial charge in [-0.05, 0) is 116 Å². The first-order chi connectivity index (χ1) is 26.1. The molecule has 2 N–H and O–H groups in total. The lowest BCUT2D eigenvalue weighted by Crippen LogP contribution is -2.58. The number of carboxylic acid groups (broad SMARTS) is 1. The maximum Gasteiger partial charge on any atom is 0.307 e. The second-order valence-electron chi connectivity index (χ2n) is 14.5. The summed E-state index contributed by atoms with van der Waals surface area (Å²) in [7, 11) is 1.54. The normalized spacial score (nSPS) is 21.8. The number of piperidine rings is 2. The van der Waals surface area contributed by atoms with Crippen LogP contribution in [0.4, 0.5) is 0 Å². The zero-order valence-electron chi connectivity index (χ0n) is 30.0. The number of nitrogens with one attached hydrogen (secondary N) is 1. The predicted molar refractivity (Wildman–Crippen MR) is 201 cm³/mol. The van der Waals surface area contributed by atoms with Crippen molar-refractivity contribution in [3.05, 3.63) is 94.0 Å². The molecule has 16 heteroatoms. The third-order valence-corrected chi connectivity index (χ3v) is 12.2. The van der Waals surface area contributed by atoms with Crippen molar-refractivity contribution in [1.82, 2.24) is 45.4 Å². The largest absolute Gasteiger partial charge is 0.496 e. The van der Waals surface area contributed by atoms with E-state index in [0.29, 0.717) is 85.5 Å². The molecule has 14 nitrogen and oxygen atoms in total. The molecule has 54 heavy (non-hydrogen) atoms. The van der Waals surface area contributed by atoms with E-state index >= 15 is 0 Å². The Morgan fingerprint density at radius 3 is 2.54 bits per heavy atom. The highest BCUT2D eigenvalue weighted by Crippen LogP contribution is 2.42. The number of hydrazine groups is 1. The van der Waals surface area contributed by atoms with Crippen molar-refractivity contribution in [2.75, 3.05) is 52.9 Å². The van der Waals surface area contributed by atoms with Crippen LogP contribution >= 0.6 is 23.2 Å². The molecule has 5 heterocycles. The van der Waals surface area contributed by atoms with Crippen molar-refractivity contribution in [2.24, 2.45) is 5.92 Å². The number of methoxy groups -OCH3 is 1. The number of aliphatic carboxylic acids is 1. The number of hydrogen-bond donors (Lipinski definition) is 2. The van der Waals surface area contributed by atoms with Gasteiger partial charge in [0.15, 0.2) is 0 Å². The Bertz CT molecular complexity index is 1980. The van der Waals surface area contributed by atoms with Crippen LogP contribution in [0.3, 0.4) is 0 Å². The maximum absolute atomic E-state index is 14.2. The molecule has 0 saturated carbocycles. The summed E-state index contributed by atoms with van der Waals surface area (Å²) in [6, 6.07) is 14.8. The number of carbonyl (C=O) groups is 3. The monoisotopic (exact) mass is 775 g/mol. The van der Waals surface area contributed by atoms with E-state index in [-0.39, 0.29) is 18.4 Å². The quantitative estimate of drug-likeness (QED) is 0.222. The second-order valence-corrected chi connectivity index (χ2v) is 15.3. The van der Waals surface area contributed by atoms with E-state index in [1.807, 2.05) is 35.2 Å². The molecule has 284 valence electrons. The summed E-state index contributed by atoms with van der Waals surface area (Å²) in [4.78, 5) is 48.7. The molecule has 3 aliphatic rings. The van der Waals surface area contributed by atoms with Gasteiger partial charge in [0, 0.05) is 44.0 Å². The van der Waals surface area contributed by atoms with Crippen molar-refractivity contribution < 1.29 is 24.2 Å². The molecule has 7 rings (SSSR count). The first-order valence-corrected chi connectivity index (χ1v) is 18.9. The molecule has 3 aliphatic heterocycles. The van der Waals surface area contributed by atoms with Crippen LogP contribution in [0.15, 0.2) is 67.3 Å². The van der Waals surface area contributed by atoms with Gasteiger partial charge in [0.25, 0.3) is 5.91 Å². The molecule has 0 spiro atoms. The molecule has 2 aromatic carbocycles. The van der Waals surface area contributed by atoms with Gasteiger partial charge in [0.2, 0.25) is 5.91 Å². The molecular weight excluding hydrogens is 733 g/mol. The number of nitrogens with zero attached hydrogens (tertiary/aromatic N) is 8. The van der Waals surface area contributed by atoms with Gasteiger partial charge < -0.3 is 19.6 Å². The van der Waals surface area contributed by atoms with Gasteiger partial charge in [-0.1, -0.05) is 35.3 Å². The van der Waals surface area contributed by atoms with Crippen molar-refractivity contribution in [1.29, 1.82) is 0 Å². The molecule has 0 aliphatic carbocycles. The van der Waals surface area contributed by atoms with Crippen LogP contribution in [-0.2, 0) is 20.4 Å². The van der Waals surface area contributed by atoms with Crippen LogP contribution in [0.25, 0.3) is 5.69 Å². The minimum Gasteiger partial charge on any atom is -0.496 e. The molecule has 0 radical (unpaired) electrons. The van der Waals surface area contributed by atoms with Gasteiger partial charge in [-0.15, -0.1) is 5.10 Å². The smallest absolute Gasteiger partial charge is 0.307 e. The zero-order valence-corrected chi connectivity index (χ0v) is 31.5. The number of halogens is 2. The van der Waals surface area contributed by atoms with Crippen LogP contribution in [0.2, 0.25) is 10.0 Å². The predicted octanol–water partition coefficient (Wildman–Crippen LogP) is 4.41. The zero-order chi connectivity index (χ0) is 37.9. The standard InChI is InChI=1S/C38H43Cl2N9O5/c1-54-33-9-7-29(49-25-42-44-45-49)21-30(33)34(50)47-19-11-37(24-47,27-6-8-31(39)32(40)20-27)10-16-46-17-12-38(13-18-46,28-5-2-14-41-22-28)36(53)43-48-15-3-4-26(23-48)35(51)52/h2,5-9,14,20-22,25-26H,3-4,10-13,15-19,23-24H2,1H3,(H,43,53)(H,51,52). The Morgan fingerprint density at radius 2 is 1.83 bits per heavy atom. The average Bonchev–Trinajstić information content (AvgIpc) is 3.90. The molecule has 4 aromatic rings. The van der Waals surface area contributed by atoms with E-state index in [1.165, 1.54) is 11.0 Å². The van der Waals surface area contributed by atoms with E-state index < -0.39 is 22.7 Å². The van der Waals surface area contributed by atoms with Crippen molar-refractivity contribution >= 4 is 41.0 Å². The van der Waals surface area contributed by atoms with Gasteiger partial charge in [0.05, 0.1) is 39.7 Å². The number of ether oxygens (including phenoxy) is 1. The maximum atomic E-state index is 14.2. The average molecular weight is 777 g/mol. The number of likely N-dealkylation sites (tertiary alicyclic amines) is 2. The lowest BCUT2D eigenvalue weighted by Gasteiger charge is -2.43. The first kappa shape index (κ1) is 37.7. The van der Waals surface area contributed by atoms with E-state index in [9.17, 15) is 19.5 Å². The third kappa shape index (κ3) is 7.65. The number of carbonyl (C=O) groups excluding carboxylic acids is 2. The lowest BCUT2D eigenvalue weighted by atomic mass is 9.72. The number of aromatic nitrogens is 5. The van der Waals surface area contributed by atoms with Crippen LogP contribution in [0, 0.1) is 5.92 Å². The minimum atomic E-state index is -0.840. The molecular formula is C38H43Cl2N9O5. The number of amides is 2. The number of rotatable bonds is 11. The van der Waals surface area contributed by atoms with E-state index in [2.05, 4.69) is 30.8 Å². The fourth-order valence-electron chi connectivity index (χ4n) is 8.27. The lowest BCUT2D eigenvalue weighted by molar-refractivity contribution is -0.146. The summed E-state index contributed by atoms with van der Waals surface area (Å²) >= 11 is 12.9. The van der Waals surface area contributed by atoms with E-state index in [0.717, 1.165) is 30.5 Å². The molecule has 3 fully saturated rings. The summed E-state index contributed by atoms with van der Waals surface area (Å²) in [6.07, 6.45) is 8.85. The minimum absolute atomic E-state index is 0.127. The van der Waals surface area contributed by atoms with Crippen molar-refractivity contribution in [2.45, 2.75) is 49.4 Å². The molecule has 3 saturated heterocycles. The van der Waals surface area contributed by atoms with Gasteiger partial charge >= 0.3 is 5.97 Å². The molecule has 2 amide bonds. The number of hydrogen-bond acceptors (Lipinski definition) is 10. The Labute approximate surface area is 323 Å². The topological polar surface area (TPSA) is 159 Å². The van der Waals surface area contributed by atoms with Gasteiger partial charge in [0.1, 0.15) is 12.1 Å². The summed E-state index contributed by atoms with van der Waals surface area (Å²) < 4.78 is 7.10. The van der Waals surface area contributed by atoms with E-state index in [1.54, 1.807) is 42.7 Å². The van der Waals surface area contributed by atoms with Gasteiger partial charge in [-0.25, -0.2) is 9.69 Å². The van der Waals surface area contributed by atoms with Crippen molar-refractivity contribution in [3.63, 3.8) is 0 Å². The summed E-state index contributed by atoms with van der Waals surface area (Å²) in [5.74, 6) is -1.17. The first-order valence-electron chi connectivity index (χ1n) is 18.2. The molecule has 2 atom stereocenters. The van der Waals surface area contributed by atoms with Crippen molar-refractivity contribution in [3.8, 4) is 11.4 Å². The third-order valence-electron chi connectivity index (χ3n) is 11.5. The number of benzene rings is 2. The summed E-state index contributed by atoms with van der Waals surface area (Å²) in [5, 5.41) is 23.7. The van der Waals surface area contributed by atoms with Crippen LogP contribution in [0.1, 0.15) is 60.0 Å². The molecule has 0 bridgehead atoms. The second kappa shape index (κ2) is 16.0. The van der Waals surface area contributed by atoms with Gasteiger partial charge in [-0.2, -0.15) is 0 Å². The fraction of sp³-hybridized carbons (Fsp3) is 0.447. The Kier molecular flexibility index (Phi) is 11.2. The van der Waals surface area contributed by atoms with Gasteiger partial charge in [-0.3, -0.25) is 24.8 Å². The van der Waals surface area contributed by atoms with Crippen LogP contribution in [0.5, 0.6) is 5.75 Å². The van der Waals surface area contributed by atoms with Crippen LogP contribution in [-0.4, -0.2) is 116 Å². The molecule has 2 aromatic heterocycles. The molecule has 2 unspecified atom stereocenters. The number of carboxylic acids is 1. The highest BCUT2D eigenvalue weighted by molar-refractivity contribution is 6.42. The Hall–Kier alpha value is -4.63. The number of tetrazole rings is 1. The Balaban J connectivity index is 1.08. The highest BCUT2D eigenvalue weighted by atomic mass is 35.5. The SMILES string of the molecule is COc1ccc(-n2cnnn2)cc1C(=O)N1CCC(CCN2CCC(C(=O)NN3CCCC(C(=O)O)C3)(c3cccnc3)CC2)(c2ccc(Cl)c(Cl)c2)C1.